The predicted octanol–water partition coefficient (Wildman–Crippen LogP) is 1.88. The Labute approximate surface area is 100 Å². The van der Waals surface area contributed by atoms with Crippen molar-refractivity contribution >= 4 is 5.82 Å². The van der Waals surface area contributed by atoms with Crippen LogP contribution in [0.1, 0.15) is 17.1 Å². The van der Waals surface area contributed by atoms with Crippen LogP contribution in [0, 0.1) is 13.8 Å². The van der Waals surface area contributed by atoms with E-state index in [1.807, 2.05) is 0 Å². The Morgan fingerprint density at radius 1 is 1.22 bits per heavy atom. The highest BCUT2D eigenvalue weighted by Gasteiger charge is 2.33. The number of rotatable bonds is 1. The standard InChI is InChI=1S/C10H10F3N5/c1-5-8(14)15-6(2)16-9(5)18-4-3-7(17-18)10(11,12)13/h3-4H,1-2H3,(H2,14,15,16). The van der Waals surface area contributed by atoms with Crippen LogP contribution in [0.2, 0.25) is 0 Å². The highest BCUT2D eigenvalue weighted by molar-refractivity contribution is 5.47. The molecule has 0 saturated heterocycles. The van der Waals surface area contributed by atoms with Gasteiger partial charge in [-0.05, 0) is 19.9 Å². The van der Waals surface area contributed by atoms with Gasteiger partial charge in [0.05, 0.1) is 0 Å². The van der Waals surface area contributed by atoms with Crippen LogP contribution >= 0.6 is 0 Å². The molecule has 0 aromatic carbocycles. The van der Waals surface area contributed by atoms with Gasteiger partial charge in [0.25, 0.3) is 0 Å². The van der Waals surface area contributed by atoms with Crippen LogP contribution in [0.5, 0.6) is 0 Å². The summed E-state index contributed by atoms with van der Waals surface area (Å²) in [5, 5.41) is 3.44. The van der Waals surface area contributed by atoms with Crippen molar-refractivity contribution in [1.29, 1.82) is 0 Å². The molecule has 5 nitrogen and oxygen atoms in total. The lowest BCUT2D eigenvalue weighted by Gasteiger charge is -2.08. The van der Waals surface area contributed by atoms with E-state index in [1.165, 1.54) is 6.20 Å². The van der Waals surface area contributed by atoms with Crippen LogP contribution in [0.15, 0.2) is 12.3 Å². The number of aryl methyl sites for hydroxylation is 1. The van der Waals surface area contributed by atoms with Crippen molar-refractivity contribution in [2.75, 3.05) is 5.73 Å². The second kappa shape index (κ2) is 3.97. The van der Waals surface area contributed by atoms with Crippen molar-refractivity contribution in [2.24, 2.45) is 0 Å². The Morgan fingerprint density at radius 2 is 1.89 bits per heavy atom. The van der Waals surface area contributed by atoms with Crippen LogP contribution in [-0.2, 0) is 6.18 Å². The van der Waals surface area contributed by atoms with Crippen LogP contribution in [0.25, 0.3) is 5.82 Å². The SMILES string of the molecule is Cc1nc(N)c(C)c(-n2ccc(C(F)(F)F)n2)n1. The lowest BCUT2D eigenvalue weighted by Crippen LogP contribution is -2.10. The minimum absolute atomic E-state index is 0.224. The lowest BCUT2D eigenvalue weighted by atomic mass is 10.3. The van der Waals surface area contributed by atoms with Gasteiger partial charge < -0.3 is 5.73 Å². The summed E-state index contributed by atoms with van der Waals surface area (Å²) in [4.78, 5) is 7.96. The quantitative estimate of drug-likeness (QED) is 0.846. The van der Waals surface area contributed by atoms with Crippen LogP contribution < -0.4 is 5.73 Å². The van der Waals surface area contributed by atoms with Crippen molar-refractivity contribution in [3.8, 4) is 5.82 Å². The fourth-order valence-corrected chi connectivity index (χ4v) is 1.45. The number of anilines is 1. The van der Waals surface area contributed by atoms with Crippen molar-refractivity contribution in [2.45, 2.75) is 20.0 Å². The van der Waals surface area contributed by atoms with Gasteiger partial charge in [-0.3, -0.25) is 0 Å². The van der Waals surface area contributed by atoms with Gasteiger partial charge in [-0.25, -0.2) is 14.6 Å². The van der Waals surface area contributed by atoms with Crippen molar-refractivity contribution in [1.82, 2.24) is 19.7 Å². The van der Waals surface area contributed by atoms with Gasteiger partial charge in [0.2, 0.25) is 0 Å². The Kier molecular flexibility index (Phi) is 2.72. The fourth-order valence-electron chi connectivity index (χ4n) is 1.45. The number of nitrogens with two attached hydrogens (primary N) is 1. The third-order valence-corrected chi connectivity index (χ3v) is 2.37. The molecule has 0 unspecified atom stereocenters. The Hall–Kier alpha value is -2.12. The smallest absolute Gasteiger partial charge is 0.383 e. The summed E-state index contributed by atoms with van der Waals surface area (Å²) in [7, 11) is 0. The topological polar surface area (TPSA) is 69.6 Å². The van der Waals surface area contributed by atoms with Crippen LogP contribution in [0.3, 0.4) is 0 Å². The molecule has 0 spiro atoms. The summed E-state index contributed by atoms with van der Waals surface area (Å²) in [6, 6.07) is 0.882. The first kappa shape index (κ1) is 12.3. The number of aromatic nitrogens is 4. The zero-order valence-corrected chi connectivity index (χ0v) is 9.65. The third-order valence-electron chi connectivity index (χ3n) is 2.37. The highest BCUT2D eigenvalue weighted by atomic mass is 19.4. The summed E-state index contributed by atoms with van der Waals surface area (Å²) in [5.74, 6) is 0.842. The van der Waals surface area contributed by atoms with Crippen LogP contribution in [-0.4, -0.2) is 19.7 Å². The molecule has 8 heteroatoms. The first-order chi connectivity index (χ1) is 8.29. The lowest BCUT2D eigenvalue weighted by molar-refractivity contribution is -0.141. The first-order valence-corrected chi connectivity index (χ1v) is 5.03. The van der Waals surface area contributed by atoms with E-state index in [4.69, 9.17) is 5.73 Å². The Morgan fingerprint density at radius 3 is 2.44 bits per heavy atom. The van der Waals surface area contributed by atoms with Crippen LogP contribution in [0.4, 0.5) is 19.0 Å². The van der Waals surface area contributed by atoms with Gasteiger partial charge in [-0.15, -0.1) is 0 Å². The highest BCUT2D eigenvalue weighted by Crippen LogP contribution is 2.28. The molecule has 0 amide bonds. The number of nitrogen functional groups attached to an aromatic ring is 1. The molecular weight excluding hydrogens is 247 g/mol. The number of halogens is 3. The van der Waals surface area contributed by atoms with E-state index in [0.29, 0.717) is 11.4 Å². The molecule has 2 aromatic rings. The Balaban J connectivity index is 2.53. The monoisotopic (exact) mass is 257 g/mol. The third kappa shape index (κ3) is 2.13. The number of nitrogens with zero attached hydrogens (tertiary/aromatic N) is 4. The van der Waals surface area contributed by atoms with Gasteiger partial charge in [0, 0.05) is 11.8 Å². The predicted molar refractivity (Wildman–Crippen MR) is 58.0 cm³/mol. The van der Waals surface area contributed by atoms with Crippen molar-refractivity contribution < 1.29 is 13.2 Å². The first-order valence-electron chi connectivity index (χ1n) is 5.03. The molecule has 0 aliphatic carbocycles. The Bertz CT molecular complexity index is 588. The molecule has 2 N–H and O–H groups in total. The fraction of sp³-hybridized carbons (Fsp3) is 0.300. The summed E-state index contributed by atoms with van der Waals surface area (Å²) < 4.78 is 38.4. The maximum absolute atomic E-state index is 12.4. The van der Waals surface area contributed by atoms with Gasteiger partial charge in [-0.2, -0.15) is 18.3 Å². The molecule has 2 rings (SSSR count). The molecular formula is C10H10F3N5. The number of hydrogen-bond donors (Lipinski definition) is 1. The average Bonchev–Trinajstić information content (AvgIpc) is 2.71. The molecule has 0 bridgehead atoms. The summed E-state index contributed by atoms with van der Waals surface area (Å²) in [5.41, 5.74) is 5.15. The van der Waals surface area contributed by atoms with Gasteiger partial charge in [0.1, 0.15) is 11.6 Å². The van der Waals surface area contributed by atoms with E-state index in [9.17, 15) is 13.2 Å². The summed E-state index contributed by atoms with van der Waals surface area (Å²) in [6.45, 7) is 3.23. The molecule has 18 heavy (non-hydrogen) atoms. The van der Waals surface area contributed by atoms with E-state index in [2.05, 4.69) is 15.1 Å². The molecule has 0 saturated carbocycles. The molecule has 0 fully saturated rings. The maximum atomic E-state index is 12.4. The molecule has 0 radical (unpaired) electrons. The maximum Gasteiger partial charge on any atom is 0.435 e. The van der Waals surface area contributed by atoms with Gasteiger partial charge in [-0.1, -0.05) is 0 Å². The molecule has 0 aliphatic heterocycles. The minimum atomic E-state index is -4.48. The average molecular weight is 257 g/mol. The summed E-state index contributed by atoms with van der Waals surface area (Å²) >= 11 is 0. The molecule has 2 aromatic heterocycles. The van der Waals surface area contributed by atoms with Crippen molar-refractivity contribution in [3.05, 3.63) is 29.3 Å². The molecule has 0 aliphatic rings. The molecule has 0 atom stereocenters. The zero-order valence-electron chi connectivity index (χ0n) is 9.65. The molecule has 96 valence electrons. The van der Waals surface area contributed by atoms with Gasteiger partial charge >= 0.3 is 6.18 Å². The molecule has 2 heterocycles. The van der Waals surface area contributed by atoms with E-state index in [1.54, 1.807) is 13.8 Å². The summed E-state index contributed by atoms with van der Waals surface area (Å²) in [6.07, 6.45) is -3.29. The van der Waals surface area contributed by atoms with E-state index >= 15 is 0 Å². The van der Waals surface area contributed by atoms with E-state index in [0.717, 1.165) is 10.7 Å². The number of alkyl halides is 3. The number of hydrogen-bond acceptors (Lipinski definition) is 4. The van der Waals surface area contributed by atoms with Gasteiger partial charge in [0.15, 0.2) is 11.5 Å². The van der Waals surface area contributed by atoms with E-state index in [-0.39, 0.29) is 11.6 Å². The minimum Gasteiger partial charge on any atom is -0.383 e. The normalized spacial score (nSPS) is 11.8. The zero-order chi connectivity index (χ0) is 13.5. The second-order valence-electron chi connectivity index (χ2n) is 3.75. The second-order valence-corrected chi connectivity index (χ2v) is 3.75. The largest absolute Gasteiger partial charge is 0.435 e. The van der Waals surface area contributed by atoms with E-state index < -0.39 is 11.9 Å². The van der Waals surface area contributed by atoms with Crippen molar-refractivity contribution in [3.63, 3.8) is 0 Å².